The fourth-order valence-corrected chi connectivity index (χ4v) is 3.59. The van der Waals surface area contributed by atoms with Crippen LogP contribution in [0.1, 0.15) is 29.3 Å². The van der Waals surface area contributed by atoms with E-state index in [4.69, 9.17) is 14.9 Å². The lowest BCUT2D eigenvalue weighted by Gasteiger charge is -2.06. The van der Waals surface area contributed by atoms with Gasteiger partial charge in [0.25, 0.3) is 0 Å². The molecule has 4 heterocycles. The minimum atomic E-state index is -0.305. The number of anilines is 1. The molecule has 0 aliphatic heterocycles. The van der Waals surface area contributed by atoms with Gasteiger partial charge in [0, 0.05) is 6.54 Å². The fraction of sp³-hybridized carbons (Fsp3) is 0.227. The highest BCUT2D eigenvalue weighted by atomic mass is 16.5. The molecule has 0 saturated heterocycles. The van der Waals surface area contributed by atoms with Gasteiger partial charge >= 0.3 is 5.97 Å². The number of aryl methyl sites for hydroxylation is 2. The van der Waals surface area contributed by atoms with E-state index in [1.54, 1.807) is 43.6 Å². The summed E-state index contributed by atoms with van der Waals surface area (Å²) in [5, 5.41) is 9.65. The van der Waals surface area contributed by atoms with Gasteiger partial charge in [-0.1, -0.05) is 12.1 Å². The van der Waals surface area contributed by atoms with Crippen LogP contribution in [0.15, 0.2) is 53.3 Å². The molecule has 5 aromatic rings. The van der Waals surface area contributed by atoms with Crippen molar-refractivity contribution < 1.29 is 13.9 Å². The summed E-state index contributed by atoms with van der Waals surface area (Å²) in [6, 6.07) is 11.0. The summed E-state index contributed by atoms with van der Waals surface area (Å²) in [5.41, 5.74) is 9.06. The second-order valence-electron chi connectivity index (χ2n) is 7.24. The zero-order valence-electron chi connectivity index (χ0n) is 17.4. The molecule has 0 fully saturated rings. The Morgan fingerprint density at radius 2 is 2.00 bits per heavy atom. The molecule has 0 aliphatic rings. The summed E-state index contributed by atoms with van der Waals surface area (Å²) in [6.07, 6.45) is 4.97. The first-order chi connectivity index (χ1) is 15.6. The van der Waals surface area contributed by atoms with E-state index < -0.39 is 0 Å². The van der Waals surface area contributed by atoms with Gasteiger partial charge in [0.2, 0.25) is 11.8 Å². The molecule has 0 spiro atoms. The molecule has 0 atom stereocenters. The van der Waals surface area contributed by atoms with E-state index >= 15 is 0 Å². The van der Waals surface area contributed by atoms with Gasteiger partial charge in [-0.05, 0) is 49.6 Å². The Labute approximate surface area is 182 Å². The molecule has 162 valence electrons. The third-order valence-electron chi connectivity index (χ3n) is 5.14. The van der Waals surface area contributed by atoms with Crippen LogP contribution in [0.3, 0.4) is 0 Å². The number of nitrogens with two attached hydrogens (primary N) is 1. The van der Waals surface area contributed by atoms with Crippen LogP contribution < -0.4 is 5.73 Å². The van der Waals surface area contributed by atoms with E-state index in [0.29, 0.717) is 41.6 Å². The number of nitrogens with zero attached hydrogens (tertiary/aromatic N) is 6. The van der Waals surface area contributed by atoms with Gasteiger partial charge in [-0.15, -0.1) is 5.10 Å². The standard InChI is InChI=1S/C22H21N7O3/c1-2-31-21(30)15-9-7-14(8-10-15)5-3-11-28-19-16(13-24-28)20-25-18(17-6-4-12-32-17)27-29(20)22(23)26-19/h4,6-10,12-13H,2-3,5,11H2,1H3,(H2,23,26). The van der Waals surface area contributed by atoms with Crippen molar-refractivity contribution in [3.8, 4) is 11.6 Å². The normalized spacial score (nSPS) is 11.4. The van der Waals surface area contributed by atoms with E-state index in [1.165, 1.54) is 4.52 Å². The Kier molecular flexibility index (Phi) is 5.02. The van der Waals surface area contributed by atoms with Crippen molar-refractivity contribution in [2.75, 3.05) is 12.3 Å². The topological polar surface area (TPSA) is 126 Å². The van der Waals surface area contributed by atoms with Crippen LogP contribution in [0, 0.1) is 0 Å². The summed E-state index contributed by atoms with van der Waals surface area (Å²) in [6.45, 7) is 2.81. The minimum Gasteiger partial charge on any atom is -0.462 e. The second kappa shape index (κ2) is 8.14. The van der Waals surface area contributed by atoms with Crippen LogP contribution in [-0.2, 0) is 17.7 Å². The van der Waals surface area contributed by atoms with E-state index in [2.05, 4.69) is 20.2 Å². The van der Waals surface area contributed by atoms with Gasteiger partial charge in [0.15, 0.2) is 17.1 Å². The first-order valence-corrected chi connectivity index (χ1v) is 10.3. The summed E-state index contributed by atoms with van der Waals surface area (Å²) >= 11 is 0. The quantitative estimate of drug-likeness (QED) is 0.390. The Hall–Kier alpha value is -4.21. The molecule has 2 N–H and O–H groups in total. The number of hydrogen-bond acceptors (Lipinski definition) is 8. The number of aromatic nitrogens is 6. The highest BCUT2D eigenvalue weighted by Crippen LogP contribution is 2.23. The van der Waals surface area contributed by atoms with Crippen molar-refractivity contribution in [1.29, 1.82) is 0 Å². The summed E-state index contributed by atoms with van der Waals surface area (Å²) < 4.78 is 13.7. The van der Waals surface area contributed by atoms with Gasteiger partial charge in [0.05, 0.1) is 30.0 Å². The third-order valence-corrected chi connectivity index (χ3v) is 5.14. The predicted molar refractivity (Wildman–Crippen MR) is 117 cm³/mol. The van der Waals surface area contributed by atoms with Crippen LogP contribution in [0.25, 0.3) is 28.3 Å². The Morgan fingerprint density at radius 3 is 2.75 bits per heavy atom. The van der Waals surface area contributed by atoms with Crippen molar-refractivity contribution in [2.45, 2.75) is 26.3 Å². The molecule has 10 heteroatoms. The lowest BCUT2D eigenvalue weighted by molar-refractivity contribution is 0.0526. The van der Waals surface area contributed by atoms with Gasteiger partial charge < -0.3 is 14.9 Å². The fourth-order valence-electron chi connectivity index (χ4n) is 3.59. The average Bonchev–Trinajstić information content (AvgIpc) is 3.54. The zero-order valence-corrected chi connectivity index (χ0v) is 17.4. The van der Waals surface area contributed by atoms with Crippen molar-refractivity contribution in [1.82, 2.24) is 29.4 Å². The highest BCUT2D eigenvalue weighted by molar-refractivity contribution is 5.90. The summed E-state index contributed by atoms with van der Waals surface area (Å²) in [4.78, 5) is 20.8. The van der Waals surface area contributed by atoms with Crippen LogP contribution in [-0.4, -0.2) is 41.9 Å². The molecule has 10 nitrogen and oxygen atoms in total. The summed E-state index contributed by atoms with van der Waals surface area (Å²) in [5.74, 6) is 0.924. The number of carbonyl (C=O) groups is 1. The van der Waals surface area contributed by atoms with Crippen LogP contribution in [0.5, 0.6) is 0 Å². The van der Waals surface area contributed by atoms with Gasteiger partial charge in [0.1, 0.15) is 0 Å². The first-order valence-electron chi connectivity index (χ1n) is 10.3. The first kappa shape index (κ1) is 19.7. The van der Waals surface area contributed by atoms with E-state index in [9.17, 15) is 4.79 Å². The van der Waals surface area contributed by atoms with Crippen LogP contribution >= 0.6 is 0 Å². The average molecular weight is 431 g/mol. The summed E-state index contributed by atoms with van der Waals surface area (Å²) in [7, 11) is 0. The number of benzene rings is 1. The molecular formula is C22H21N7O3. The lowest BCUT2D eigenvalue weighted by atomic mass is 10.1. The molecular weight excluding hydrogens is 410 g/mol. The molecule has 5 rings (SSSR count). The van der Waals surface area contributed by atoms with E-state index in [1.807, 2.05) is 16.8 Å². The van der Waals surface area contributed by atoms with Gasteiger partial charge in [-0.3, -0.25) is 0 Å². The maximum Gasteiger partial charge on any atom is 0.338 e. The van der Waals surface area contributed by atoms with Gasteiger partial charge in [-0.25, -0.2) is 14.5 Å². The Morgan fingerprint density at radius 1 is 1.16 bits per heavy atom. The Bertz CT molecular complexity index is 1380. The van der Waals surface area contributed by atoms with Crippen LogP contribution in [0.2, 0.25) is 0 Å². The molecule has 0 saturated carbocycles. The molecule has 0 bridgehead atoms. The molecule has 0 unspecified atom stereocenters. The molecule has 0 aliphatic carbocycles. The lowest BCUT2D eigenvalue weighted by Crippen LogP contribution is -2.07. The smallest absolute Gasteiger partial charge is 0.338 e. The van der Waals surface area contributed by atoms with Crippen molar-refractivity contribution in [2.24, 2.45) is 0 Å². The molecule has 0 amide bonds. The number of rotatable bonds is 7. The maximum absolute atomic E-state index is 11.8. The molecule has 1 aromatic carbocycles. The monoisotopic (exact) mass is 431 g/mol. The minimum absolute atomic E-state index is 0.231. The molecule has 4 aromatic heterocycles. The second-order valence-corrected chi connectivity index (χ2v) is 7.24. The number of furan rings is 1. The maximum atomic E-state index is 11.8. The van der Waals surface area contributed by atoms with Crippen molar-refractivity contribution in [3.05, 3.63) is 60.0 Å². The van der Waals surface area contributed by atoms with E-state index in [0.717, 1.165) is 23.8 Å². The van der Waals surface area contributed by atoms with Crippen molar-refractivity contribution in [3.63, 3.8) is 0 Å². The zero-order chi connectivity index (χ0) is 22.1. The third kappa shape index (κ3) is 3.55. The molecule has 0 radical (unpaired) electrons. The highest BCUT2D eigenvalue weighted by Gasteiger charge is 2.17. The van der Waals surface area contributed by atoms with Crippen LogP contribution in [0.4, 0.5) is 5.95 Å². The SMILES string of the molecule is CCOC(=O)c1ccc(CCCn2ncc3c2nc(N)n2nc(-c4ccco4)nc32)cc1. The predicted octanol–water partition coefficient (Wildman–Crippen LogP) is 3.13. The van der Waals surface area contributed by atoms with Crippen molar-refractivity contribution >= 4 is 28.6 Å². The van der Waals surface area contributed by atoms with Gasteiger partial charge in [-0.2, -0.15) is 14.6 Å². The number of ether oxygens (including phenoxy) is 1. The number of nitrogen functional groups attached to an aromatic ring is 1. The Balaban J connectivity index is 1.33. The largest absolute Gasteiger partial charge is 0.462 e. The van der Waals surface area contributed by atoms with E-state index in [-0.39, 0.29) is 11.9 Å². The number of carbonyl (C=O) groups excluding carboxylic acids is 1. The number of hydrogen-bond donors (Lipinski definition) is 1. The number of fused-ring (bicyclic) bond motifs is 3. The number of esters is 1. The molecule has 32 heavy (non-hydrogen) atoms.